The summed E-state index contributed by atoms with van der Waals surface area (Å²) in [6.45, 7) is 5.16. The minimum Gasteiger partial charge on any atom is -0.380 e. The van der Waals surface area contributed by atoms with Crippen molar-refractivity contribution in [2.45, 2.75) is 77.0 Å². The summed E-state index contributed by atoms with van der Waals surface area (Å²) in [5.41, 5.74) is 0. The van der Waals surface area contributed by atoms with Gasteiger partial charge in [0.15, 0.2) is 0 Å². The minimum atomic E-state index is 0.521. The lowest BCUT2D eigenvalue weighted by Crippen LogP contribution is -1.95. The molecule has 2 nitrogen and oxygen atoms in total. The van der Waals surface area contributed by atoms with Crippen LogP contribution in [0.25, 0.3) is 0 Å². The lowest BCUT2D eigenvalue weighted by molar-refractivity contribution is 0.135. The van der Waals surface area contributed by atoms with Crippen molar-refractivity contribution in [3.05, 3.63) is 12.7 Å². The average molecular weight is 265 g/mol. The molecule has 0 atom stereocenters. The fourth-order valence-corrected chi connectivity index (χ4v) is 2.13. The highest BCUT2D eigenvalue weighted by molar-refractivity contribution is 4.67. The van der Waals surface area contributed by atoms with Crippen molar-refractivity contribution in [3.63, 3.8) is 0 Å². The highest BCUT2D eigenvalue weighted by Gasteiger charge is 1.93. The van der Waals surface area contributed by atoms with Crippen molar-refractivity contribution in [1.82, 2.24) is 0 Å². The molecule has 110 valence electrons. The van der Waals surface area contributed by atoms with E-state index in [-0.39, 0.29) is 0 Å². The van der Waals surface area contributed by atoms with Crippen molar-refractivity contribution < 1.29 is 4.74 Å². The van der Waals surface area contributed by atoms with Crippen LogP contribution in [0.5, 0.6) is 0 Å². The Balaban J connectivity index is 2.91. The molecule has 0 radical (unpaired) electrons. The fraction of sp³-hybridized carbons (Fsp3) is 0.824. The molecule has 0 aromatic rings. The molecular formula is C17H31NO. The third-order valence-corrected chi connectivity index (χ3v) is 3.31. The Morgan fingerprint density at radius 2 is 1.32 bits per heavy atom. The summed E-state index contributed by atoms with van der Waals surface area (Å²) in [5, 5.41) is 8.34. The second-order valence-corrected chi connectivity index (χ2v) is 5.13. The predicted molar refractivity (Wildman–Crippen MR) is 82.0 cm³/mol. The van der Waals surface area contributed by atoms with Crippen LogP contribution in [0, 0.1) is 11.3 Å². The van der Waals surface area contributed by atoms with Gasteiger partial charge in [0.05, 0.1) is 19.1 Å². The Hall–Kier alpha value is -0.810. The third-order valence-electron chi connectivity index (χ3n) is 3.31. The van der Waals surface area contributed by atoms with E-state index in [2.05, 4.69) is 12.6 Å². The van der Waals surface area contributed by atoms with Gasteiger partial charge in [-0.15, -0.1) is 6.58 Å². The summed E-state index contributed by atoms with van der Waals surface area (Å²) >= 11 is 0. The zero-order chi connectivity index (χ0) is 14.0. The largest absolute Gasteiger partial charge is 0.380 e. The van der Waals surface area contributed by atoms with Crippen LogP contribution in [0.1, 0.15) is 77.0 Å². The van der Waals surface area contributed by atoms with Crippen LogP contribution in [-0.4, -0.2) is 13.2 Å². The Kier molecular flexibility index (Phi) is 16.5. The zero-order valence-electron chi connectivity index (χ0n) is 12.5. The minimum absolute atomic E-state index is 0.521. The molecule has 0 N–H and O–H groups in total. The molecule has 0 fully saturated rings. The first-order valence-electron chi connectivity index (χ1n) is 7.97. The predicted octanol–water partition coefficient (Wildman–Crippen LogP) is 5.39. The number of nitrogens with zero attached hydrogens (tertiary/aromatic N) is 1. The number of ether oxygens (including phenoxy) is 1. The molecule has 0 aliphatic rings. The smallest absolute Gasteiger partial charge is 0.0645 e. The van der Waals surface area contributed by atoms with Crippen LogP contribution >= 0.6 is 0 Å². The Bertz CT molecular complexity index is 220. The summed E-state index contributed by atoms with van der Waals surface area (Å²) in [4.78, 5) is 0. The molecule has 2 heteroatoms. The standard InChI is InChI=1S/C17H31NO/c1-2-3-4-5-6-7-8-9-10-11-12-13-16-19-17-14-15-18/h2H,1,3-14,16-17H2. The van der Waals surface area contributed by atoms with E-state index in [1.54, 1.807) is 0 Å². The maximum atomic E-state index is 8.34. The first-order valence-corrected chi connectivity index (χ1v) is 7.97. The van der Waals surface area contributed by atoms with Crippen molar-refractivity contribution in [3.8, 4) is 6.07 Å². The van der Waals surface area contributed by atoms with Crippen LogP contribution in [0.3, 0.4) is 0 Å². The zero-order valence-corrected chi connectivity index (χ0v) is 12.5. The van der Waals surface area contributed by atoms with E-state index in [1.165, 1.54) is 64.2 Å². The molecule has 0 rings (SSSR count). The van der Waals surface area contributed by atoms with Gasteiger partial charge in [0, 0.05) is 6.61 Å². The van der Waals surface area contributed by atoms with Crippen molar-refractivity contribution in [1.29, 1.82) is 5.26 Å². The maximum Gasteiger partial charge on any atom is 0.0645 e. The van der Waals surface area contributed by atoms with Crippen molar-refractivity contribution >= 4 is 0 Å². The van der Waals surface area contributed by atoms with E-state index in [0.717, 1.165) is 13.0 Å². The second-order valence-electron chi connectivity index (χ2n) is 5.13. The molecule has 0 unspecified atom stereocenters. The molecule has 0 spiro atoms. The monoisotopic (exact) mass is 265 g/mol. The summed E-state index contributed by atoms with van der Waals surface area (Å²) < 4.78 is 5.34. The average Bonchev–Trinajstić information content (AvgIpc) is 2.43. The van der Waals surface area contributed by atoms with Gasteiger partial charge >= 0.3 is 0 Å². The quantitative estimate of drug-likeness (QED) is 0.293. The van der Waals surface area contributed by atoms with Gasteiger partial charge in [-0.05, 0) is 19.3 Å². The molecule has 0 bridgehead atoms. The van der Waals surface area contributed by atoms with E-state index in [0.29, 0.717) is 13.0 Å². The molecule has 0 aromatic heterocycles. The molecule has 0 saturated carbocycles. The normalized spacial score (nSPS) is 10.3. The lowest BCUT2D eigenvalue weighted by atomic mass is 10.1. The molecule has 0 heterocycles. The van der Waals surface area contributed by atoms with Gasteiger partial charge < -0.3 is 4.74 Å². The van der Waals surface area contributed by atoms with Crippen molar-refractivity contribution in [2.75, 3.05) is 13.2 Å². The van der Waals surface area contributed by atoms with Gasteiger partial charge in [0.25, 0.3) is 0 Å². The lowest BCUT2D eigenvalue weighted by Gasteiger charge is -2.03. The van der Waals surface area contributed by atoms with Gasteiger partial charge in [-0.1, -0.05) is 57.4 Å². The molecule has 0 amide bonds. The van der Waals surface area contributed by atoms with E-state index in [9.17, 15) is 0 Å². The third kappa shape index (κ3) is 17.2. The van der Waals surface area contributed by atoms with E-state index >= 15 is 0 Å². The number of allylic oxidation sites excluding steroid dienone is 1. The van der Waals surface area contributed by atoms with E-state index in [1.807, 2.05) is 6.08 Å². The van der Waals surface area contributed by atoms with Gasteiger partial charge in [-0.2, -0.15) is 5.26 Å². The number of nitriles is 1. The number of unbranched alkanes of at least 4 members (excludes halogenated alkanes) is 10. The Morgan fingerprint density at radius 1 is 0.789 bits per heavy atom. The number of hydrogen-bond acceptors (Lipinski definition) is 2. The van der Waals surface area contributed by atoms with Gasteiger partial charge in [0.2, 0.25) is 0 Å². The van der Waals surface area contributed by atoms with Crippen LogP contribution in [0.15, 0.2) is 12.7 Å². The van der Waals surface area contributed by atoms with E-state index < -0.39 is 0 Å². The summed E-state index contributed by atoms with van der Waals surface area (Å²) in [7, 11) is 0. The molecule has 0 aliphatic heterocycles. The summed E-state index contributed by atoms with van der Waals surface area (Å²) in [6.07, 6.45) is 17.1. The van der Waals surface area contributed by atoms with Crippen LogP contribution in [-0.2, 0) is 4.74 Å². The fourth-order valence-electron chi connectivity index (χ4n) is 2.13. The first-order chi connectivity index (χ1) is 9.41. The highest BCUT2D eigenvalue weighted by Crippen LogP contribution is 2.11. The van der Waals surface area contributed by atoms with Crippen LogP contribution in [0.4, 0.5) is 0 Å². The Morgan fingerprint density at radius 3 is 1.84 bits per heavy atom. The molecule has 0 aliphatic carbocycles. The van der Waals surface area contributed by atoms with Crippen LogP contribution < -0.4 is 0 Å². The summed E-state index contributed by atoms with van der Waals surface area (Å²) in [5.74, 6) is 0. The molecular weight excluding hydrogens is 234 g/mol. The number of hydrogen-bond donors (Lipinski definition) is 0. The SMILES string of the molecule is C=CCCCCCCCCCCCCOCCC#N. The molecule has 0 saturated heterocycles. The van der Waals surface area contributed by atoms with Crippen molar-refractivity contribution in [2.24, 2.45) is 0 Å². The van der Waals surface area contributed by atoms with Crippen LogP contribution in [0.2, 0.25) is 0 Å². The maximum absolute atomic E-state index is 8.34. The highest BCUT2D eigenvalue weighted by atomic mass is 16.5. The molecule has 0 aromatic carbocycles. The van der Waals surface area contributed by atoms with E-state index in [4.69, 9.17) is 10.00 Å². The Labute approximate surface area is 119 Å². The van der Waals surface area contributed by atoms with Gasteiger partial charge in [-0.25, -0.2) is 0 Å². The molecule has 19 heavy (non-hydrogen) atoms. The van der Waals surface area contributed by atoms with Gasteiger partial charge in [-0.3, -0.25) is 0 Å². The first kappa shape index (κ1) is 18.2. The van der Waals surface area contributed by atoms with Gasteiger partial charge in [0.1, 0.15) is 0 Å². The second kappa shape index (κ2) is 17.2. The summed E-state index contributed by atoms with van der Waals surface area (Å²) in [6, 6.07) is 2.08. The topological polar surface area (TPSA) is 33.0 Å². The number of rotatable bonds is 15.